The van der Waals surface area contributed by atoms with Crippen molar-refractivity contribution in [2.24, 2.45) is 11.8 Å². The summed E-state index contributed by atoms with van der Waals surface area (Å²) in [7, 11) is 0. The topological polar surface area (TPSA) is 32.3 Å². The van der Waals surface area contributed by atoms with Crippen molar-refractivity contribution in [3.05, 3.63) is 0 Å². The Labute approximate surface area is 126 Å². The molecule has 3 fully saturated rings. The Balaban J connectivity index is 0.00000133. The normalized spacial score (nSPS) is 32.8. The van der Waals surface area contributed by atoms with E-state index in [1.165, 1.54) is 25.7 Å². The zero-order chi connectivity index (χ0) is 12.5. The van der Waals surface area contributed by atoms with Crippen molar-refractivity contribution in [3.8, 4) is 0 Å². The SMILES string of the molecule is CC(C(=O)N1CCSC2CCCCC21)C1CNC1.Cl. The summed E-state index contributed by atoms with van der Waals surface area (Å²) in [5.74, 6) is 2.37. The lowest BCUT2D eigenvalue weighted by molar-refractivity contribution is -0.140. The fourth-order valence-corrected chi connectivity index (χ4v) is 4.94. The Morgan fingerprint density at radius 2 is 2.05 bits per heavy atom. The third-order valence-electron chi connectivity index (χ3n) is 4.92. The van der Waals surface area contributed by atoms with Gasteiger partial charge in [0.1, 0.15) is 0 Å². The molecule has 3 atom stereocenters. The van der Waals surface area contributed by atoms with Gasteiger partial charge in [-0.3, -0.25) is 4.79 Å². The van der Waals surface area contributed by atoms with E-state index in [0.717, 1.165) is 30.6 Å². The van der Waals surface area contributed by atoms with Crippen LogP contribution >= 0.6 is 24.2 Å². The minimum Gasteiger partial charge on any atom is -0.338 e. The summed E-state index contributed by atoms with van der Waals surface area (Å²) in [6.07, 6.45) is 5.22. The number of amides is 1. The van der Waals surface area contributed by atoms with Crippen LogP contribution in [0.1, 0.15) is 32.6 Å². The van der Waals surface area contributed by atoms with Crippen LogP contribution in [-0.4, -0.2) is 47.5 Å². The van der Waals surface area contributed by atoms with Gasteiger partial charge in [0.25, 0.3) is 0 Å². The first-order chi connectivity index (χ1) is 8.77. The minimum atomic E-state index is 0. The Kier molecular flexibility index (Phi) is 5.44. The molecular formula is C14H25ClN2OS. The molecule has 2 aliphatic heterocycles. The maximum absolute atomic E-state index is 12.7. The molecule has 2 heterocycles. The van der Waals surface area contributed by atoms with Crippen molar-refractivity contribution in [1.29, 1.82) is 0 Å². The molecule has 2 saturated heterocycles. The summed E-state index contributed by atoms with van der Waals surface area (Å²) in [6, 6.07) is 0.542. The summed E-state index contributed by atoms with van der Waals surface area (Å²) < 4.78 is 0. The fraction of sp³-hybridized carbons (Fsp3) is 0.929. The number of nitrogens with zero attached hydrogens (tertiary/aromatic N) is 1. The fourth-order valence-electron chi connectivity index (χ4n) is 3.50. The lowest BCUT2D eigenvalue weighted by atomic mass is 9.86. The Bertz CT molecular complexity index is 323. The van der Waals surface area contributed by atoms with Crippen LogP contribution in [0, 0.1) is 11.8 Å². The average Bonchev–Trinajstić information content (AvgIpc) is 2.35. The van der Waals surface area contributed by atoms with E-state index in [1.54, 1.807) is 0 Å². The number of hydrogen-bond acceptors (Lipinski definition) is 3. The van der Waals surface area contributed by atoms with Gasteiger partial charge in [-0.15, -0.1) is 12.4 Å². The van der Waals surface area contributed by atoms with Crippen LogP contribution in [0.25, 0.3) is 0 Å². The van der Waals surface area contributed by atoms with E-state index in [1.807, 2.05) is 0 Å². The zero-order valence-corrected chi connectivity index (χ0v) is 13.3. The summed E-state index contributed by atoms with van der Waals surface area (Å²) in [6.45, 7) is 5.18. The first kappa shape index (κ1) is 15.5. The monoisotopic (exact) mass is 304 g/mol. The van der Waals surface area contributed by atoms with Crippen molar-refractivity contribution in [2.75, 3.05) is 25.4 Å². The van der Waals surface area contributed by atoms with Gasteiger partial charge < -0.3 is 10.2 Å². The van der Waals surface area contributed by atoms with E-state index < -0.39 is 0 Å². The molecule has 1 saturated carbocycles. The molecular weight excluding hydrogens is 280 g/mol. The third-order valence-corrected chi connectivity index (χ3v) is 6.32. The lowest BCUT2D eigenvalue weighted by Gasteiger charge is -2.46. The highest BCUT2D eigenvalue weighted by Gasteiger charge is 2.39. The van der Waals surface area contributed by atoms with Crippen LogP contribution in [0.2, 0.25) is 0 Å². The number of rotatable bonds is 2. The Hall–Kier alpha value is 0.0700. The highest BCUT2D eigenvalue weighted by molar-refractivity contribution is 8.00. The molecule has 0 aromatic heterocycles. The second-order valence-corrected chi connectivity index (χ2v) is 7.35. The van der Waals surface area contributed by atoms with Gasteiger partial charge in [-0.1, -0.05) is 19.8 Å². The standard InChI is InChI=1S/C14H24N2OS.ClH/c1-10(11-8-15-9-11)14(17)16-6-7-18-13-5-3-2-4-12(13)16;/h10-13,15H,2-9H2,1H3;1H. The van der Waals surface area contributed by atoms with Crippen LogP contribution in [0.3, 0.4) is 0 Å². The molecule has 3 rings (SSSR count). The summed E-state index contributed by atoms with van der Waals surface area (Å²) in [4.78, 5) is 14.9. The maximum Gasteiger partial charge on any atom is 0.226 e. The number of halogens is 1. The van der Waals surface area contributed by atoms with Crippen LogP contribution in [0.5, 0.6) is 0 Å². The van der Waals surface area contributed by atoms with Crippen molar-refractivity contribution in [1.82, 2.24) is 10.2 Å². The molecule has 110 valence electrons. The number of thioether (sulfide) groups is 1. The predicted molar refractivity (Wildman–Crippen MR) is 83.0 cm³/mol. The largest absolute Gasteiger partial charge is 0.338 e. The Morgan fingerprint density at radius 3 is 2.74 bits per heavy atom. The van der Waals surface area contributed by atoms with Gasteiger partial charge in [-0.25, -0.2) is 0 Å². The van der Waals surface area contributed by atoms with Gasteiger partial charge in [0.05, 0.1) is 0 Å². The van der Waals surface area contributed by atoms with Crippen molar-refractivity contribution < 1.29 is 4.79 Å². The number of carbonyl (C=O) groups excluding carboxylic acids is 1. The molecule has 5 heteroatoms. The van der Waals surface area contributed by atoms with E-state index >= 15 is 0 Å². The molecule has 0 spiro atoms. The van der Waals surface area contributed by atoms with Gasteiger partial charge in [-0.2, -0.15) is 11.8 Å². The summed E-state index contributed by atoms with van der Waals surface area (Å²) in [5.41, 5.74) is 0. The van der Waals surface area contributed by atoms with Crippen molar-refractivity contribution in [2.45, 2.75) is 43.9 Å². The van der Waals surface area contributed by atoms with Gasteiger partial charge in [0.2, 0.25) is 5.91 Å². The molecule has 19 heavy (non-hydrogen) atoms. The second-order valence-electron chi connectivity index (χ2n) is 6.00. The van der Waals surface area contributed by atoms with Gasteiger partial charge >= 0.3 is 0 Å². The number of hydrogen-bond donors (Lipinski definition) is 1. The van der Waals surface area contributed by atoms with Gasteiger partial charge in [-0.05, 0) is 31.8 Å². The zero-order valence-electron chi connectivity index (χ0n) is 11.6. The van der Waals surface area contributed by atoms with Crippen LogP contribution in [-0.2, 0) is 4.79 Å². The van der Waals surface area contributed by atoms with Crippen LogP contribution in [0.15, 0.2) is 0 Å². The van der Waals surface area contributed by atoms with Gasteiger partial charge in [0.15, 0.2) is 0 Å². The predicted octanol–water partition coefficient (Wildman–Crippen LogP) is 2.15. The second kappa shape index (κ2) is 6.68. The summed E-state index contributed by atoms with van der Waals surface area (Å²) >= 11 is 2.10. The van der Waals surface area contributed by atoms with Crippen molar-refractivity contribution in [3.63, 3.8) is 0 Å². The van der Waals surface area contributed by atoms with E-state index in [4.69, 9.17) is 0 Å². The molecule has 3 aliphatic rings. The molecule has 1 N–H and O–H groups in total. The molecule has 0 radical (unpaired) electrons. The highest BCUT2D eigenvalue weighted by atomic mass is 35.5. The van der Waals surface area contributed by atoms with Crippen molar-refractivity contribution >= 4 is 30.1 Å². The number of carbonyl (C=O) groups is 1. The quantitative estimate of drug-likeness (QED) is 0.848. The third kappa shape index (κ3) is 3.06. The molecule has 0 bridgehead atoms. The molecule has 3 unspecified atom stereocenters. The molecule has 0 aromatic carbocycles. The average molecular weight is 305 g/mol. The lowest BCUT2D eigenvalue weighted by Crippen LogP contribution is -2.56. The molecule has 0 aromatic rings. The number of fused-ring (bicyclic) bond motifs is 1. The van der Waals surface area contributed by atoms with E-state index in [9.17, 15) is 4.79 Å². The Morgan fingerprint density at radius 1 is 1.32 bits per heavy atom. The number of nitrogens with one attached hydrogen (secondary N) is 1. The maximum atomic E-state index is 12.7. The summed E-state index contributed by atoms with van der Waals surface area (Å²) in [5, 5.41) is 4.01. The molecule has 1 amide bonds. The van der Waals surface area contributed by atoms with E-state index in [-0.39, 0.29) is 18.3 Å². The van der Waals surface area contributed by atoms with E-state index in [0.29, 0.717) is 17.9 Å². The van der Waals surface area contributed by atoms with E-state index in [2.05, 4.69) is 28.9 Å². The molecule has 1 aliphatic carbocycles. The highest BCUT2D eigenvalue weighted by Crippen LogP contribution is 2.36. The first-order valence-corrected chi connectivity index (χ1v) is 8.45. The minimum absolute atomic E-state index is 0. The first-order valence-electron chi connectivity index (χ1n) is 7.40. The molecule has 3 nitrogen and oxygen atoms in total. The van der Waals surface area contributed by atoms with Crippen LogP contribution < -0.4 is 5.32 Å². The smallest absolute Gasteiger partial charge is 0.226 e. The van der Waals surface area contributed by atoms with Gasteiger partial charge in [0, 0.05) is 29.5 Å². The van der Waals surface area contributed by atoms with Crippen LogP contribution in [0.4, 0.5) is 0 Å².